The molecule has 1 aliphatic rings. The average Bonchev–Trinajstić information content (AvgIpc) is 2.71. The molecule has 0 bridgehead atoms. The highest BCUT2D eigenvalue weighted by atomic mass is 16.5. The molecule has 0 spiro atoms. The van der Waals surface area contributed by atoms with Crippen LogP contribution in [0, 0.1) is 11.8 Å². The van der Waals surface area contributed by atoms with Crippen molar-refractivity contribution in [1.29, 1.82) is 0 Å². The Morgan fingerprint density at radius 1 is 1.47 bits per heavy atom. The molecule has 0 N–H and O–H groups in total. The SMILES string of the molecule is C=C(C)C(=O)OCC(CC)C1CCCC1. The summed E-state index contributed by atoms with van der Waals surface area (Å²) in [4.78, 5) is 11.3. The third-order valence-corrected chi connectivity index (χ3v) is 3.37. The van der Waals surface area contributed by atoms with Crippen molar-refractivity contribution in [2.45, 2.75) is 46.0 Å². The summed E-state index contributed by atoms with van der Waals surface area (Å²) in [6.07, 6.45) is 6.41. The van der Waals surface area contributed by atoms with Gasteiger partial charge in [0.2, 0.25) is 0 Å². The number of hydrogen-bond acceptors (Lipinski definition) is 2. The van der Waals surface area contributed by atoms with Gasteiger partial charge in [0.05, 0.1) is 6.61 Å². The Bertz CT molecular complexity index is 227. The van der Waals surface area contributed by atoms with Gasteiger partial charge in [-0.1, -0.05) is 39.2 Å². The molecule has 2 nitrogen and oxygen atoms in total. The summed E-state index contributed by atoms with van der Waals surface area (Å²) in [7, 11) is 0. The van der Waals surface area contributed by atoms with Crippen molar-refractivity contribution < 1.29 is 9.53 Å². The van der Waals surface area contributed by atoms with Crippen LogP contribution in [0.1, 0.15) is 46.0 Å². The minimum Gasteiger partial charge on any atom is -0.462 e. The lowest BCUT2D eigenvalue weighted by Crippen LogP contribution is -2.20. The fourth-order valence-corrected chi connectivity index (χ4v) is 2.32. The van der Waals surface area contributed by atoms with Gasteiger partial charge in [-0.05, 0) is 25.2 Å². The van der Waals surface area contributed by atoms with Gasteiger partial charge in [0.25, 0.3) is 0 Å². The van der Waals surface area contributed by atoms with Crippen LogP contribution < -0.4 is 0 Å². The highest BCUT2D eigenvalue weighted by Gasteiger charge is 2.24. The molecule has 0 saturated heterocycles. The van der Waals surface area contributed by atoms with E-state index in [2.05, 4.69) is 13.5 Å². The molecule has 0 amide bonds. The highest BCUT2D eigenvalue weighted by Crippen LogP contribution is 2.33. The molecule has 0 heterocycles. The van der Waals surface area contributed by atoms with E-state index in [0.717, 1.165) is 12.3 Å². The molecule has 86 valence electrons. The predicted octanol–water partition coefficient (Wildman–Crippen LogP) is 3.32. The molecule has 15 heavy (non-hydrogen) atoms. The fraction of sp³-hybridized carbons (Fsp3) is 0.769. The second-order valence-corrected chi connectivity index (χ2v) is 4.59. The minimum absolute atomic E-state index is 0.244. The fourth-order valence-electron chi connectivity index (χ4n) is 2.32. The average molecular weight is 210 g/mol. The maximum Gasteiger partial charge on any atom is 0.333 e. The number of carbonyl (C=O) groups excluding carboxylic acids is 1. The van der Waals surface area contributed by atoms with Gasteiger partial charge in [-0.15, -0.1) is 0 Å². The Kier molecular flexibility index (Phi) is 4.86. The molecule has 0 aromatic heterocycles. The molecule has 1 rings (SSSR count). The molecule has 2 heteroatoms. The lowest BCUT2D eigenvalue weighted by Gasteiger charge is -2.21. The zero-order chi connectivity index (χ0) is 11.3. The van der Waals surface area contributed by atoms with Crippen molar-refractivity contribution in [2.75, 3.05) is 6.61 Å². The highest BCUT2D eigenvalue weighted by molar-refractivity contribution is 5.86. The Balaban J connectivity index is 2.33. The van der Waals surface area contributed by atoms with Crippen LogP contribution >= 0.6 is 0 Å². The molecule has 1 atom stereocenters. The molecule has 1 unspecified atom stereocenters. The first-order valence-corrected chi connectivity index (χ1v) is 5.97. The Labute approximate surface area is 92.7 Å². The summed E-state index contributed by atoms with van der Waals surface area (Å²) in [5, 5.41) is 0. The molecule has 0 aromatic carbocycles. The summed E-state index contributed by atoms with van der Waals surface area (Å²) >= 11 is 0. The number of esters is 1. The van der Waals surface area contributed by atoms with Crippen LogP contribution in [0.15, 0.2) is 12.2 Å². The zero-order valence-corrected chi connectivity index (χ0v) is 9.92. The van der Waals surface area contributed by atoms with Crippen LogP contribution in [0.3, 0.4) is 0 Å². The molecule has 0 radical (unpaired) electrons. The molecule has 1 saturated carbocycles. The first kappa shape index (κ1) is 12.3. The van der Waals surface area contributed by atoms with E-state index in [4.69, 9.17) is 4.74 Å². The van der Waals surface area contributed by atoms with Gasteiger partial charge in [0.1, 0.15) is 0 Å². The lowest BCUT2D eigenvalue weighted by molar-refractivity contribution is -0.140. The molecule has 1 fully saturated rings. The van der Waals surface area contributed by atoms with Gasteiger partial charge >= 0.3 is 5.97 Å². The quantitative estimate of drug-likeness (QED) is 0.514. The van der Waals surface area contributed by atoms with Crippen LogP contribution in [-0.4, -0.2) is 12.6 Å². The van der Waals surface area contributed by atoms with E-state index in [-0.39, 0.29) is 5.97 Å². The standard InChI is InChI=1S/C13H22O2/c1-4-11(12-7-5-6-8-12)9-15-13(14)10(2)3/h11-12H,2,4-9H2,1,3H3. The predicted molar refractivity (Wildman–Crippen MR) is 61.5 cm³/mol. The first-order valence-electron chi connectivity index (χ1n) is 5.97. The van der Waals surface area contributed by atoms with Gasteiger partial charge in [-0.25, -0.2) is 4.79 Å². The monoisotopic (exact) mass is 210 g/mol. The lowest BCUT2D eigenvalue weighted by atomic mass is 9.89. The maximum absolute atomic E-state index is 11.3. The van der Waals surface area contributed by atoms with Crippen LogP contribution in [0.5, 0.6) is 0 Å². The van der Waals surface area contributed by atoms with E-state index in [1.807, 2.05) is 0 Å². The van der Waals surface area contributed by atoms with Crippen molar-refractivity contribution in [3.63, 3.8) is 0 Å². The maximum atomic E-state index is 11.3. The number of rotatable bonds is 5. The van der Waals surface area contributed by atoms with Gasteiger partial charge in [-0.2, -0.15) is 0 Å². The topological polar surface area (TPSA) is 26.3 Å². The second-order valence-electron chi connectivity index (χ2n) is 4.59. The van der Waals surface area contributed by atoms with E-state index in [1.54, 1.807) is 6.92 Å². The van der Waals surface area contributed by atoms with Crippen LogP contribution in [-0.2, 0) is 9.53 Å². The normalized spacial score (nSPS) is 18.8. The summed E-state index contributed by atoms with van der Waals surface area (Å²) in [6, 6.07) is 0. The summed E-state index contributed by atoms with van der Waals surface area (Å²) in [5.41, 5.74) is 0.497. The second kappa shape index (κ2) is 5.94. The zero-order valence-electron chi connectivity index (χ0n) is 9.92. The van der Waals surface area contributed by atoms with Crippen molar-refractivity contribution in [3.05, 3.63) is 12.2 Å². The third-order valence-electron chi connectivity index (χ3n) is 3.37. The Hall–Kier alpha value is -0.790. The summed E-state index contributed by atoms with van der Waals surface area (Å²) in [5.74, 6) is 1.08. The Morgan fingerprint density at radius 3 is 2.53 bits per heavy atom. The molecular formula is C13H22O2. The van der Waals surface area contributed by atoms with E-state index in [1.165, 1.54) is 25.7 Å². The van der Waals surface area contributed by atoms with E-state index >= 15 is 0 Å². The number of carbonyl (C=O) groups is 1. The number of ether oxygens (including phenoxy) is 1. The smallest absolute Gasteiger partial charge is 0.333 e. The summed E-state index contributed by atoms with van der Waals surface area (Å²) in [6.45, 7) is 8.03. The Morgan fingerprint density at radius 2 is 2.07 bits per heavy atom. The van der Waals surface area contributed by atoms with Gasteiger partial charge in [0.15, 0.2) is 0 Å². The molecule has 1 aliphatic carbocycles. The van der Waals surface area contributed by atoms with Gasteiger partial charge in [0, 0.05) is 5.57 Å². The molecule has 0 aromatic rings. The van der Waals surface area contributed by atoms with Crippen molar-refractivity contribution in [2.24, 2.45) is 11.8 Å². The van der Waals surface area contributed by atoms with Crippen molar-refractivity contribution in [1.82, 2.24) is 0 Å². The van der Waals surface area contributed by atoms with Crippen LogP contribution in [0.4, 0.5) is 0 Å². The van der Waals surface area contributed by atoms with Crippen LogP contribution in [0.25, 0.3) is 0 Å². The third kappa shape index (κ3) is 3.69. The number of hydrogen-bond donors (Lipinski definition) is 0. The van der Waals surface area contributed by atoms with Gasteiger partial charge < -0.3 is 4.74 Å². The first-order chi connectivity index (χ1) is 7.15. The molecule has 0 aliphatic heterocycles. The van der Waals surface area contributed by atoms with E-state index in [9.17, 15) is 4.79 Å². The minimum atomic E-state index is -0.244. The van der Waals surface area contributed by atoms with Crippen LogP contribution in [0.2, 0.25) is 0 Å². The largest absolute Gasteiger partial charge is 0.462 e. The molecular weight excluding hydrogens is 188 g/mol. The van der Waals surface area contributed by atoms with Crippen molar-refractivity contribution in [3.8, 4) is 0 Å². The van der Waals surface area contributed by atoms with E-state index in [0.29, 0.717) is 18.1 Å². The summed E-state index contributed by atoms with van der Waals surface area (Å²) < 4.78 is 5.23. The van der Waals surface area contributed by atoms with Gasteiger partial charge in [-0.3, -0.25) is 0 Å². The van der Waals surface area contributed by atoms with Crippen molar-refractivity contribution >= 4 is 5.97 Å². The van der Waals surface area contributed by atoms with E-state index < -0.39 is 0 Å².